The Hall–Kier alpha value is -2.92. The van der Waals surface area contributed by atoms with Gasteiger partial charge in [0.15, 0.2) is 0 Å². The molecular formula is C23H26N4O. The van der Waals surface area contributed by atoms with E-state index >= 15 is 0 Å². The number of ether oxygens (including phenoxy) is 1. The third kappa shape index (κ3) is 4.15. The molecule has 0 unspecified atom stereocenters. The van der Waals surface area contributed by atoms with Crippen molar-refractivity contribution in [2.75, 3.05) is 19.0 Å². The fraction of sp³-hybridized carbons (Fsp3) is 0.304. The van der Waals surface area contributed by atoms with Crippen molar-refractivity contribution in [3.05, 3.63) is 76.6 Å². The Kier molecular flexibility index (Phi) is 5.26. The number of benzene rings is 2. The quantitative estimate of drug-likeness (QED) is 0.717. The lowest BCUT2D eigenvalue weighted by atomic mass is 10.0. The van der Waals surface area contributed by atoms with Crippen LogP contribution in [0.15, 0.2) is 48.7 Å². The van der Waals surface area contributed by atoms with E-state index in [1.165, 1.54) is 22.3 Å². The number of fused-ring (bicyclic) bond motifs is 1. The number of anilines is 2. The van der Waals surface area contributed by atoms with Crippen LogP contribution in [0.5, 0.6) is 5.75 Å². The average Bonchev–Trinajstić information content (AvgIpc) is 2.71. The second-order valence-electron chi connectivity index (χ2n) is 7.40. The number of aromatic nitrogens is 2. The molecule has 1 N–H and O–H groups in total. The number of nitrogens with zero attached hydrogens (tertiary/aromatic N) is 3. The van der Waals surface area contributed by atoms with Gasteiger partial charge in [-0.05, 0) is 42.7 Å². The first-order chi connectivity index (χ1) is 13.6. The second-order valence-corrected chi connectivity index (χ2v) is 7.40. The third-order valence-electron chi connectivity index (χ3n) is 5.32. The Bertz CT molecular complexity index is 986. The molecule has 4 rings (SSSR count). The van der Waals surface area contributed by atoms with Gasteiger partial charge in [-0.25, -0.2) is 9.97 Å². The highest BCUT2D eigenvalue weighted by Crippen LogP contribution is 2.23. The van der Waals surface area contributed by atoms with Crippen molar-refractivity contribution in [3.8, 4) is 5.75 Å². The summed E-state index contributed by atoms with van der Waals surface area (Å²) in [4.78, 5) is 11.7. The maximum atomic E-state index is 5.27. The van der Waals surface area contributed by atoms with Crippen molar-refractivity contribution in [1.29, 1.82) is 0 Å². The van der Waals surface area contributed by atoms with Gasteiger partial charge in [-0.1, -0.05) is 24.3 Å². The monoisotopic (exact) mass is 374 g/mol. The predicted molar refractivity (Wildman–Crippen MR) is 112 cm³/mol. The molecular weight excluding hydrogens is 348 g/mol. The molecule has 0 bridgehead atoms. The summed E-state index contributed by atoms with van der Waals surface area (Å²) in [5.41, 5.74) is 7.34. The molecule has 3 aromatic rings. The third-order valence-corrected chi connectivity index (χ3v) is 5.32. The molecule has 1 aliphatic rings. The van der Waals surface area contributed by atoms with Gasteiger partial charge in [0.1, 0.15) is 5.75 Å². The first-order valence-electron chi connectivity index (χ1n) is 9.65. The normalized spacial score (nSPS) is 13.8. The summed E-state index contributed by atoms with van der Waals surface area (Å²) in [6.45, 7) is 7.20. The van der Waals surface area contributed by atoms with Crippen LogP contribution < -0.4 is 10.1 Å². The average molecular weight is 374 g/mol. The minimum Gasteiger partial charge on any atom is -0.497 e. The Labute approximate surface area is 166 Å². The Morgan fingerprint density at radius 3 is 2.82 bits per heavy atom. The van der Waals surface area contributed by atoms with Gasteiger partial charge < -0.3 is 10.1 Å². The van der Waals surface area contributed by atoms with Crippen LogP contribution in [-0.2, 0) is 19.5 Å². The van der Waals surface area contributed by atoms with Crippen molar-refractivity contribution < 1.29 is 4.74 Å². The SMILES string of the molecule is COc1cccc(Nc2ncc3c(n2)CCN(Cc2ccc(C)c(C)c2)C3)c1. The molecule has 0 saturated carbocycles. The van der Waals surface area contributed by atoms with Gasteiger partial charge in [0.05, 0.1) is 12.8 Å². The Morgan fingerprint density at radius 1 is 1.11 bits per heavy atom. The molecule has 0 aliphatic carbocycles. The van der Waals surface area contributed by atoms with Crippen molar-refractivity contribution in [1.82, 2.24) is 14.9 Å². The minimum absolute atomic E-state index is 0.634. The van der Waals surface area contributed by atoms with E-state index in [2.05, 4.69) is 47.2 Å². The number of hydrogen-bond acceptors (Lipinski definition) is 5. The number of aryl methyl sites for hydroxylation is 2. The van der Waals surface area contributed by atoms with Crippen LogP contribution in [0.3, 0.4) is 0 Å². The molecule has 0 radical (unpaired) electrons. The van der Waals surface area contributed by atoms with Crippen molar-refractivity contribution in [3.63, 3.8) is 0 Å². The topological polar surface area (TPSA) is 50.3 Å². The number of nitrogens with one attached hydrogen (secondary N) is 1. The van der Waals surface area contributed by atoms with Crippen LogP contribution >= 0.6 is 0 Å². The fourth-order valence-electron chi connectivity index (χ4n) is 3.56. The number of rotatable bonds is 5. The van der Waals surface area contributed by atoms with Crippen LogP contribution in [0.2, 0.25) is 0 Å². The zero-order chi connectivity index (χ0) is 19.5. The molecule has 0 saturated heterocycles. The van der Waals surface area contributed by atoms with E-state index in [0.717, 1.165) is 43.2 Å². The van der Waals surface area contributed by atoms with Crippen molar-refractivity contribution in [2.24, 2.45) is 0 Å². The van der Waals surface area contributed by atoms with Gasteiger partial charge in [0, 0.05) is 49.6 Å². The van der Waals surface area contributed by atoms with Gasteiger partial charge in [0.2, 0.25) is 5.95 Å². The highest BCUT2D eigenvalue weighted by atomic mass is 16.5. The molecule has 0 spiro atoms. The van der Waals surface area contributed by atoms with Gasteiger partial charge in [-0.15, -0.1) is 0 Å². The van der Waals surface area contributed by atoms with Crippen LogP contribution in [0.4, 0.5) is 11.6 Å². The van der Waals surface area contributed by atoms with Crippen LogP contribution in [0.25, 0.3) is 0 Å². The highest BCUT2D eigenvalue weighted by Gasteiger charge is 2.19. The highest BCUT2D eigenvalue weighted by molar-refractivity contribution is 5.56. The zero-order valence-corrected chi connectivity index (χ0v) is 16.7. The summed E-state index contributed by atoms with van der Waals surface area (Å²) < 4.78 is 5.27. The van der Waals surface area contributed by atoms with Gasteiger partial charge >= 0.3 is 0 Å². The Balaban J connectivity index is 1.44. The molecule has 28 heavy (non-hydrogen) atoms. The summed E-state index contributed by atoms with van der Waals surface area (Å²) in [6.07, 6.45) is 2.90. The van der Waals surface area contributed by atoms with E-state index in [0.29, 0.717) is 5.95 Å². The number of methoxy groups -OCH3 is 1. The van der Waals surface area contributed by atoms with Crippen LogP contribution in [0, 0.1) is 13.8 Å². The molecule has 0 fully saturated rings. The molecule has 1 aromatic heterocycles. The minimum atomic E-state index is 0.634. The molecule has 2 heterocycles. The van der Waals surface area contributed by atoms with Gasteiger partial charge in [0.25, 0.3) is 0 Å². The van der Waals surface area contributed by atoms with Crippen molar-refractivity contribution >= 4 is 11.6 Å². The van der Waals surface area contributed by atoms with Crippen LogP contribution in [-0.4, -0.2) is 28.5 Å². The molecule has 2 aromatic carbocycles. The lowest BCUT2D eigenvalue weighted by Gasteiger charge is -2.28. The van der Waals surface area contributed by atoms with E-state index in [-0.39, 0.29) is 0 Å². The van der Waals surface area contributed by atoms with Crippen LogP contribution in [0.1, 0.15) is 27.9 Å². The van der Waals surface area contributed by atoms with Gasteiger partial charge in [-0.2, -0.15) is 0 Å². The lowest BCUT2D eigenvalue weighted by Crippen LogP contribution is -2.31. The van der Waals surface area contributed by atoms with E-state index < -0.39 is 0 Å². The smallest absolute Gasteiger partial charge is 0.227 e. The summed E-state index contributed by atoms with van der Waals surface area (Å²) in [6, 6.07) is 14.5. The fourth-order valence-corrected chi connectivity index (χ4v) is 3.56. The van der Waals surface area contributed by atoms with E-state index in [1.54, 1.807) is 7.11 Å². The number of hydrogen-bond donors (Lipinski definition) is 1. The molecule has 5 nitrogen and oxygen atoms in total. The van der Waals surface area contributed by atoms with E-state index in [9.17, 15) is 0 Å². The summed E-state index contributed by atoms with van der Waals surface area (Å²) >= 11 is 0. The van der Waals surface area contributed by atoms with E-state index in [4.69, 9.17) is 9.72 Å². The van der Waals surface area contributed by atoms with Gasteiger partial charge in [-0.3, -0.25) is 4.90 Å². The lowest BCUT2D eigenvalue weighted by molar-refractivity contribution is 0.243. The maximum absolute atomic E-state index is 5.27. The molecule has 144 valence electrons. The second kappa shape index (κ2) is 7.98. The van der Waals surface area contributed by atoms with E-state index in [1.807, 2.05) is 30.5 Å². The summed E-state index contributed by atoms with van der Waals surface area (Å²) in [5, 5.41) is 3.28. The Morgan fingerprint density at radius 2 is 2.00 bits per heavy atom. The zero-order valence-electron chi connectivity index (χ0n) is 16.7. The molecule has 5 heteroatoms. The first-order valence-corrected chi connectivity index (χ1v) is 9.65. The van der Waals surface area contributed by atoms with Crippen molar-refractivity contribution in [2.45, 2.75) is 33.4 Å². The summed E-state index contributed by atoms with van der Waals surface area (Å²) in [5.74, 6) is 1.44. The largest absolute Gasteiger partial charge is 0.497 e. The molecule has 0 atom stereocenters. The first kappa shape index (κ1) is 18.4. The summed E-state index contributed by atoms with van der Waals surface area (Å²) in [7, 11) is 1.66. The molecule has 0 amide bonds. The molecule has 1 aliphatic heterocycles. The predicted octanol–water partition coefficient (Wildman–Crippen LogP) is 4.40. The maximum Gasteiger partial charge on any atom is 0.227 e. The standard InChI is InChI=1S/C23H26N4O/c1-16-7-8-18(11-17(16)2)14-27-10-9-22-19(15-27)13-24-23(26-22)25-20-5-4-6-21(12-20)28-3/h4-8,11-13H,9-10,14-15H2,1-3H3,(H,24,25,26).